The van der Waals surface area contributed by atoms with Crippen molar-refractivity contribution in [2.24, 2.45) is 5.73 Å². The summed E-state index contributed by atoms with van der Waals surface area (Å²) in [5.41, 5.74) is 2.03. The lowest BCUT2D eigenvalue weighted by molar-refractivity contribution is -0.194. The van der Waals surface area contributed by atoms with Crippen molar-refractivity contribution in [2.45, 2.75) is 25.2 Å². The van der Waals surface area contributed by atoms with Gasteiger partial charge in [0.1, 0.15) is 6.61 Å². The molecule has 10 heteroatoms. The monoisotopic (exact) mass is 347 g/mol. The van der Waals surface area contributed by atoms with E-state index in [1.54, 1.807) is 35.6 Å². The molecule has 1 rings (SSSR count). The second-order valence-corrected chi connectivity index (χ2v) is 4.96. The van der Waals surface area contributed by atoms with Gasteiger partial charge >= 0.3 is 12.3 Å². The number of alkyl carbamates (subject to hydrolysis) is 1. The number of ether oxygens (including phenoxy) is 1. The highest BCUT2D eigenvalue weighted by Gasteiger charge is 2.58. The predicted molar refractivity (Wildman–Crippen MR) is 76.4 cm³/mol. The minimum atomic E-state index is -5.12. The quantitative estimate of drug-likeness (QED) is 0.708. The van der Waals surface area contributed by atoms with Gasteiger partial charge in [0.15, 0.2) is 0 Å². The molecular weight excluding hydrogens is 331 g/mol. The fraction of sp³-hybridized carbons (Fsp3) is 0.357. The summed E-state index contributed by atoms with van der Waals surface area (Å²) in [7, 11) is 0. The number of rotatable bonds is 6. The van der Waals surface area contributed by atoms with Crippen molar-refractivity contribution in [1.82, 2.24) is 10.6 Å². The van der Waals surface area contributed by atoms with Crippen molar-refractivity contribution in [1.29, 1.82) is 0 Å². The van der Waals surface area contributed by atoms with Crippen molar-refractivity contribution in [3.05, 3.63) is 35.9 Å². The van der Waals surface area contributed by atoms with E-state index < -0.39 is 36.2 Å². The Bertz CT molecular complexity index is 607. The topological polar surface area (TPSA) is 111 Å². The molecule has 0 saturated carbocycles. The number of halogens is 3. The number of carbonyl (C=O) groups is 3. The third-order valence-electron chi connectivity index (χ3n) is 3.01. The normalized spacial score (nSPS) is 13.5. The van der Waals surface area contributed by atoms with Crippen LogP contribution in [0.25, 0.3) is 0 Å². The van der Waals surface area contributed by atoms with E-state index >= 15 is 0 Å². The van der Waals surface area contributed by atoms with Crippen LogP contribution in [0.5, 0.6) is 0 Å². The molecule has 1 aromatic rings. The first kappa shape index (κ1) is 19.3. The van der Waals surface area contributed by atoms with E-state index in [0.717, 1.165) is 0 Å². The van der Waals surface area contributed by atoms with E-state index in [1.165, 1.54) is 5.32 Å². The van der Waals surface area contributed by atoms with Crippen LogP contribution in [-0.4, -0.2) is 36.2 Å². The molecule has 1 aromatic carbocycles. The number of carbonyl (C=O) groups excluding carboxylic acids is 3. The van der Waals surface area contributed by atoms with Gasteiger partial charge in [0.25, 0.3) is 5.91 Å². The van der Waals surface area contributed by atoms with Crippen molar-refractivity contribution in [3.8, 4) is 0 Å². The minimum Gasteiger partial charge on any atom is -0.445 e. The maximum absolute atomic E-state index is 13.2. The molecular formula is C14H16F3N3O4. The van der Waals surface area contributed by atoms with E-state index in [2.05, 4.69) is 4.74 Å². The van der Waals surface area contributed by atoms with Crippen LogP contribution < -0.4 is 16.4 Å². The molecule has 24 heavy (non-hydrogen) atoms. The van der Waals surface area contributed by atoms with Crippen molar-refractivity contribution in [2.75, 3.05) is 6.54 Å². The smallest absolute Gasteiger partial charge is 0.420 e. The highest BCUT2D eigenvalue weighted by atomic mass is 19.4. The molecule has 0 heterocycles. The molecule has 0 aliphatic carbocycles. The Morgan fingerprint density at radius 2 is 1.75 bits per heavy atom. The van der Waals surface area contributed by atoms with E-state index in [4.69, 9.17) is 5.73 Å². The van der Waals surface area contributed by atoms with Crippen LogP contribution in [0.15, 0.2) is 30.3 Å². The lowest BCUT2D eigenvalue weighted by Gasteiger charge is -2.30. The van der Waals surface area contributed by atoms with Gasteiger partial charge < -0.3 is 15.8 Å². The molecule has 0 aromatic heterocycles. The summed E-state index contributed by atoms with van der Waals surface area (Å²) in [4.78, 5) is 33.9. The third-order valence-corrected chi connectivity index (χ3v) is 3.01. The first-order valence-electron chi connectivity index (χ1n) is 6.68. The molecule has 7 nitrogen and oxygen atoms in total. The number of alkyl halides is 3. The Morgan fingerprint density at radius 3 is 2.25 bits per heavy atom. The number of amides is 3. The molecule has 132 valence electrons. The van der Waals surface area contributed by atoms with Crippen molar-refractivity contribution in [3.63, 3.8) is 0 Å². The molecule has 3 amide bonds. The predicted octanol–water partition coefficient (Wildman–Crippen LogP) is 0.835. The first-order valence-corrected chi connectivity index (χ1v) is 6.68. The van der Waals surface area contributed by atoms with Gasteiger partial charge in [-0.05, 0) is 12.5 Å². The van der Waals surface area contributed by atoms with Crippen LogP contribution in [0.1, 0.15) is 12.5 Å². The number of hydrogen-bond donors (Lipinski definition) is 3. The first-order chi connectivity index (χ1) is 11.1. The molecule has 0 fully saturated rings. The molecule has 1 atom stereocenters. The van der Waals surface area contributed by atoms with Gasteiger partial charge in [0, 0.05) is 0 Å². The van der Waals surface area contributed by atoms with Crippen molar-refractivity contribution < 1.29 is 32.3 Å². The minimum absolute atomic E-state index is 0.274. The average molecular weight is 347 g/mol. The second-order valence-electron chi connectivity index (χ2n) is 4.96. The molecule has 0 aliphatic rings. The van der Waals surface area contributed by atoms with E-state index in [1.807, 2.05) is 0 Å². The van der Waals surface area contributed by atoms with Crippen LogP contribution in [0.4, 0.5) is 18.0 Å². The van der Waals surface area contributed by atoms with Gasteiger partial charge in [-0.25, -0.2) is 4.79 Å². The van der Waals surface area contributed by atoms with E-state index in [-0.39, 0.29) is 6.61 Å². The molecule has 0 aliphatic heterocycles. The maximum Gasteiger partial charge on any atom is 0.420 e. The third kappa shape index (κ3) is 5.14. The summed E-state index contributed by atoms with van der Waals surface area (Å²) in [5, 5.41) is 3.18. The summed E-state index contributed by atoms with van der Waals surface area (Å²) in [6.07, 6.45) is -6.56. The number of nitrogens with one attached hydrogen (secondary N) is 2. The number of nitrogens with two attached hydrogens (primary N) is 1. The lowest BCUT2D eigenvalue weighted by Crippen LogP contribution is -2.65. The van der Waals surface area contributed by atoms with Crippen molar-refractivity contribution >= 4 is 17.9 Å². The van der Waals surface area contributed by atoms with Gasteiger partial charge in [-0.3, -0.25) is 14.9 Å². The van der Waals surface area contributed by atoms with Crippen LogP contribution >= 0.6 is 0 Å². The largest absolute Gasteiger partial charge is 0.445 e. The van der Waals surface area contributed by atoms with Crippen LogP contribution in [0, 0.1) is 0 Å². The average Bonchev–Trinajstić information content (AvgIpc) is 2.50. The summed E-state index contributed by atoms with van der Waals surface area (Å²) in [6, 6.07) is 8.25. The highest BCUT2D eigenvalue weighted by Crippen LogP contribution is 2.30. The van der Waals surface area contributed by atoms with Gasteiger partial charge in [-0.2, -0.15) is 13.2 Å². The molecule has 4 N–H and O–H groups in total. The van der Waals surface area contributed by atoms with Gasteiger partial charge in [-0.1, -0.05) is 30.3 Å². The zero-order chi connectivity index (χ0) is 18.4. The van der Waals surface area contributed by atoms with Crippen LogP contribution in [0.3, 0.4) is 0 Å². The fourth-order valence-corrected chi connectivity index (χ4v) is 1.56. The fourth-order valence-electron chi connectivity index (χ4n) is 1.56. The molecule has 0 spiro atoms. The van der Waals surface area contributed by atoms with E-state index in [9.17, 15) is 27.6 Å². The van der Waals surface area contributed by atoms with Crippen LogP contribution in [-0.2, 0) is 20.9 Å². The Balaban J connectivity index is 2.76. The lowest BCUT2D eigenvalue weighted by atomic mass is 10.0. The zero-order valence-electron chi connectivity index (χ0n) is 12.6. The number of benzene rings is 1. The highest BCUT2D eigenvalue weighted by molar-refractivity contribution is 5.92. The Kier molecular flexibility index (Phi) is 6.15. The molecule has 0 bridgehead atoms. The zero-order valence-corrected chi connectivity index (χ0v) is 12.6. The van der Waals surface area contributed by atoms with Gasteiger partial charge in [0.2, 0.25) is 11.4 Å². The molecule has 0 radical (unpaired) electrons. The summed E-state index contributed by atoms with van der Waals surface area (Å²) >= 11 is 0. The van der Waals surface area contributed by atoms with E-state index in [0.29, 0.717) is 12.5 Å². The Morgan fingerprint density at radius 1 is 1.17 bits per heavy atom. The summed E-state index contributed by atoms with van der Waals surface area (Å²) in [5.74, 6) is -2.66. The molecule has 0 unspecified atom stereocenters. The maximum atomic E-state index is 13.2. The molecule has 0 saturated heterocycles. The van der Waals surface area contributed by atoms with Crippen LogP contribution in [0.2, 0.25) is 0 Å². The Hall–Kier alpha value is -2.78. The van der Waals surface area contributed by atoms with Gasteiger partial charge in [0.05, 0.1) is 6.54 Å². The SMILES string of the molecule is C[C@](NC(=O)OCc1ccccc1)(C(=O)NCC(N)=O)C(F)(F)F. The number of hydrogen-bond acceptors (Lipinski definition) is 4. The Labute approximate surface area is 135 Å². The summed E-state index contributed by atoms with van der Waals surface area (Å²) < 4.78 is 44.1. The standard InChI is InChI=1S/C14H16F3N3O4/c1-13(14(15,16)17,11(22)19-7-10(18)21)20-12(23)24-8-9-5-3-2-4-6-9/h2-6H,7-8H2,1H3,(H2,18,21)(H,19,22)(H,20,23)/t13-/m0/s1. The summed E-state index contributed by atoms with van der Waals surface area (Å²) in [6.45, 7) is -0.623. The second kappa shape index (κ2) is 7.66. The van der Waals surface area contributed by atoms with Gasteiger partial charge in [-0.15, -0.1) is 0 Å². The number of primary amides is 1.